The summed E-state index contributed by atoms with van der Waals surface area (Å²) in [6.45, 7) is 2.01. The molecule has 0 heterocycles. The molecule has 1 N–H and O–H groups in total. The van der Waals surface area contributed by atoms with Crippen molar-refractivity contribution < 1.29 is 19.4 Å². The molecule has 1 rings (SSSR count). The first kappa shape index (κ1) is 13.5. The van der Waals surface area contributed by atoms with E-state index in [0.717, 1.165) is 5.56 Å². The third-order valence-electron chi connectivity index (χ3n) is 2.45. The van der Waals surface area contributed by atoms with Crippen LogP contribution in [-0.2, 0) is 20.7 Å². The Hall–Kier alpha value is -1.55. The van der Waals surface area contributed by atoms with E-state index in [0.29, 0.717) is 12.8 Å². The summed E-state index contributed by atoms with van der Waals surface area (Å²) >= 11 is 0. The second-order valence-corrected chi connectivity index (χ2v) is 3.76. The van der Waals surface area contributed by atoms with Crippen molar-refractivity contribution in [3.63, 3.8) is 0 Å². The Labute approximate surface area is 101 Å². The van der Waals surface area contributed by atoms with Crippen LogP contribution in [0, 0.1) is 0 Å². The lowest BCUT2D eigenvalue weighted by Crippen LogP contribution is -2.23. The Morgan fingerprint density at radius 1 is 1.35 bits per heavy atom. The lowest BCUT2D eigenvalue weighted by molar-refractivity contribution is -0.146. The van der Waals surface area contributed by atoms with Crippen LogP contribution in [0.4, 0.5) is 0 Å². The van der Waals surface area contributed by atoms with E-state index in [9.17, 15) is 4.79 Å². The number of carbonyl (C=O) groups excluding carboxylic acids is 1. The van der Waals surface area contributed by atoms with Crippen LogP contribution < -0.4 is 0 Å². The lowest BCUT2D eigenvalue weighted by Gasteiger charge is -2.15. The number of phenolic OH excluding ortho intramolecular Hbond substituents is 1. The zero-order valence-electron chi connectivity index (χ0n) is 10.2. The van der Waals surface area contributed by atoms with Gasteiger partial charge in [0.15, 0.2) is 0 Å². The molecule has 4 heteroatoms. The largest absolute Gasteiger partial charge is 0.508 e. The fourth-order valence-electron chi connectivity index (χ4n) is 1.39. The standard InChI is InChI=1S/C13H18O4/c1-3-13(15)17-9-12(16-2)8-10-4-6-11(14)7-5-10/h4-7,12,14H,3,8-9H2,1-2H3. The number of rotatable bonds is 6. The van der Waals surface area contributed by atoms with Crippen molar-refractivity contribution in [3.05, 3.63) is 29.8 Å². The monoisotopic (exact) mass is 238 g/mol. The predicted molar refractivity (Wildman–Crippen MR) is 63.9 cm³/mol. The number of aromatic hydroxyl groups is 1. The highest BCUT2D eigenvalue weighted by molar-refractivity contribution is 5.68. The number of esters is 1. The molecule has 17 heavy (non-hydrogen) atoms. The molecule has 0 fully saturated rings. The smallest absolute Gasteiger partial charge is 0.305 e. The van der Waals surface area contributed by atoms with Gasteiger partial charge in [0.2, 0.25) is 0 Å². The predicted octanol–water partition coefficient (Wildman–Crippen LogP) is 1.90. The minimum Gasteiger partial charge on any atom is -0.508 e. The summed E-state index contributed by atoms with van der Waals surface area (Å²) in [5.41, 5.74) is 1.03. The first-order valence-corrected chi connectivity index (χ1v) is 5.62. The fraction of sp³-hybridized carbons (Fsp3) is 0.462. The highest BCUT2D eigenvalue weighted by Gasteiger charge is 2.11. The summed E-state index contributed by atoms with van der Waals surface area (Å²) < 4.78 is 10.3. The molecule has 94 valence electrons. The van der Waals surface area contributed by atoms with E-state index in [1.54, 1.807) is 26.2 Å². The van der Waals surface area contributed by atoms with E-state index in [2.05, 4.69) is 0 Å². The number of benzene rings is 1. The number of phenols is 1. The van der Waals surface area contributed by atoms with Crippen molar-refractivity contribution >= 4 is 5.97 Å². The van der Waals surface area contributed by atoms with Gasteiger partial charge in [-0.3, -0.25) is 4.79 Å². The summed E-state index contributed by atoms with van der Waals surface area (Å²) in [4.78, 5) is 11.0. The van der Waals surface area contributed by atoms with Crippen LogP contribution in [0.2, 0.25) is 0 Å². The molecule has 0 aliphatic rings. The van der Waals surface area contributed by atoms with E-state index >= 15 is 0 Å². The Morgan fingerprint density at radius 3 is 2.53 bits per heavy atom. The van der Waals surface area contributed by atoms with Gasteiger partial charge in [-0.15, -0.1) is 0 Å². The summed E-state index contributed by atoms with van der Waals surface area (Å²) in [6.07, 6.45) is 0.860. The molecule has 1 aromatic carbocycles. The summed E-state index contributed by atoms with van der Waals surface area (Å²) in [5, 5.41) is 9.16. The van der Waals surface area contributed by atoms with Crippen molar-refractivity contribution in [1.29, 1.82) is 0 Å². The molecule has 0 amide bonds. The van der Waals surface area contributed by atoms with Gasteiger partial charge in [-0.2, -0.15) is 0 Å². The van der Waals surface area contributed by atoms with Gasteiger partial charge >= 0.3 is 5.97 Å². The van der Waals surface area contributed by atoms with Gasteiger partial charge in [-0.05, 0) is 17.7 Å². The van der Waals surface area contributed by atoms with E-state index < -0.39 is 0 Å². The van der Waals surface area contributed by atoms with Gasteiger partial charge in [-0.1, -0.05) is 19.1 Å². The molecule has 0 aromatic heterocycles. The van der Waals surface area contributed by atoms with Crippen LogP contribution in [-0.4, -0.2) is 30.9 Å². The van der Waals surface area contributed by atoms with Crippen molar-refractivity contribution in [2.75, 3.05) is 13.7 Å². The highest BCUT2D eigenvalue weighted by atomic mass is 16.6. The maximum absolute atomic E-state index is 11.0. The van der Waals surface area contributed by atoms with Gasteiger partial charge in [0, 0.05) is 20.0 Å². The third kappa shape index (κ3) is 4.87. The first-order chi connectivity index (χ1) is 8.15. The van der Waals surface area contributed by atoms with Crippen molar-refractivity contribution in [3.8, 4) is 5.75 Å². The van der Waals surface area contributed by atoms with Gasteiger partial charge in [0.05, 0.1) is 6.10 Å². The lowest BCUT2D eigenvalue weighted by atomic mass is 10.1. The molecular weight excluding hydrogens is 220 g/mol. The number of carbonyl (C=O) groups is 1. The van der Waals surface area contributed by atoms with Gasteiger partial charge in [0.25, 0.3) is 0 Å². The van der Waals surface area contributed by atoms with Crippen LogP contribution in [0.3, 0.4) is 0 Å². The maximum Gasteiger partial charge on any atom is 0.305 e. The Bertz CT molecular complexity index is 345. The summed E-state index contributed by atoms with van der Waals surface area (Å²) in [7, 11) is 1.59. The maximum atomic E-state index is 11.0. The van der Waals surface area contributed by atoms with E-state index in [4.69, 9.17) is 14.6 Å². The molecule has 0 bridgehead atoms. The van der Waals surface area contributed by atoms with Crippen LogP contribution in [0.15, 0.2) is 24.3 Å². The minimum absolute atomic E-state index is 0.157. The van der Waals surface area contributed by atoms with Crippen LogP contribution >= 0.6 is 0 Å². The molecule has 1 atom stereocenters. The van der Waals surface area contributed by atoms with E-state index in [-0.39, 0.29) is 24.4 Å². The number of ether oxygens (including phenoxy) is 2. The average molecular weight is 238 g/mol. The van der Waals surface area contributed by atoms with Crippen molar-refractivity contribution in [2.45, 2.75) is 25.9 Å². The molecule has 4 nitrogen and oxygen atoms in total. The summed E-state index contributed by atoms with van der Waals surface area (Å²) in [6, 6.07) is 6.90. The Morgan fingerprint density at radius 2 is 2.00 bits per heavy atom. The fourth-order valence-corrected chi connectivity index (χ4v) is 1.39. The average Bonchev–Trinajstić information content (AvgIpc) is 2.36. The minimum atomic E-state index is -0.224. The molecule has 0 aliphatic heterocycles. The van der Waals surface area contributed by atoms with Gasteiger partial charge in [-0.25, -0.2) is 0 Å². The molecule has 1 aromatic rings. The van der Waals surface area contributed by atoms with Crippen molar-refractivity contribution in [1.82, 2.24) is 0 Å². The molecule has 0 spiro atoms. The van der Waals surface area contributed by atoms with Gasteiger partial charge in [0.1, 0.15) is 12.4 Å². The van der Waals surface area contributed by atoms with Crippen LogP contribution in [0.5, 0.6) is 5.75 Å². The molecule has 0 saturated heterocycles. The highest BCUT2D eigenvalue weighted by Crippen LogP contribution is 2.12. The normalized spacial score (nSPS) is 12.1. The SMILES string of the molecule is CCC(=O)OCC(Cc1ccc(O)cc1)OC. The van der Waals surface area contributed by atoms with Crippen LogP contribution in [0.25, 0.3) is 0 Å². The zero-order chi connectivity index (χ0) is 12.7. The Kier molecular flexibility index (Phi) is 5.49. The van der Waals surface area contributed by atoms with E-state index in [1.807, 2.05) is 12.1 Å². The quantitative estimate of drug-likeness (QED) is 0.769. The topological polar surface area (TPSA) is 55.8 Å². The molecule has 0 radical (unpaired) electrons. The van der Waals surface area contributed by atoms with Gasteiger partial charge < -0.3 is 14.6 Å². The third-order valence-corrected chi connectivity index (χ3v) is 2.45. The second kappa shape index (κ2) is 6.91. The van der Waals surface area contributed by atoms with E-state index in [1.165, 1.54) is 0 Å². The molecular formula is C13H18O4. The number of hydrogen-bond donors (Lipinski definition) is 1. The molecule has 0 aliphatic carbocycles. The Balaban J connectivity index is 2.46. The second-order valence-electron chi connectivity index (χ2n) is 3.76. The number of hydrogen-bond acceptors (Lipinski definition) is 4. The molecule has 0 saturated carbocycles. The first-order valence-electron chi connectivity index (χ1n) is 5.62. The van der Waals surface area contributed by atoms with Crippen LogP contribution in [0.1, 0.15) is 18.9 Å². The van der Waals surface area contributed by atoms with Crippen molar-refractivity contribution in [2.24, 2.45) is 0 Å². The summed E-state index contributed by atoms with van der Waals surface area (Å²) in [5.74, 6) is 0.0119. The number of methoxy groups -OCH3 is 1. The molecule has 1 unspecified atom stereocenters. The zero-order valence-corrected chi connectivity index (χ0v) is 10.2.